The molecule has 0 radical (unpaired) electrons. The Labute approximate surface area is 88.0 Å². The monoisotopic (exact) mass is 244 g/mol. The van der Waals surface area contributed by atoms with E-state index >= 15 is 0 Å². The van der Waals surface area contributed by atoms with Gasteiger partial charge in [-0.3, -0.25) is 0 Å². The number of nitrogens with one attached hydrogen (secondary N) is 1. The van der Waals surface area contributed by atoms with E-state index in [1.54, 1.807) is 0 Å². The Kier molecular flexibility index (Phi) is 3.44. The van der Waals surface area contributed by atoms with Gasteiger partial charge in [0.05, 0.1) is 10.0 Å². The van der Waals surface area contributed by atoms with E-state index in [9.17, 15) is 13.2 Å². The normalized spacial score (nSPS) is 11.5. The van der Waals surface area contributed by atoms with Crippen molar-refractivity contribution in [2.45, 2.75) is 6.18 Å². The van der Waals surface area contributed by atoms with Crippen molar-refractivity contribution in [2.24, 2.45) is 0 Å². The van der Waals surface area contributed by atoms with Crippen molar-refractivity contribution in [1.29, 1.82) is 0 Å². The number of pyridine rings is 1. The third-order valence-corrected chi connectivity index (χ3v) is 1.76. The number of hydrogen-bond acceptors (Lipinski definition) is 2. The summed E-state index contributed by atoms with van der Waals surface area (Å²) in [6, 6.07) is 1.31. The van der Waals surface area contributed by atoms with Gasteiger partial charge < -0.3 is 5.32 Å². The van der Waals surface area contributed by atoms with Crippen LogP contribution in [0, 0.1) is 0 Å². The number of aromatic nitrogens is 1. The van der Waals surface area contributed by atoms with Gasteiger partial charge in [-0.15, -0.1) is 0 Å². The minimum atomic E-state index is -4.30. The van der Waals surface area contributed by atoms with Gasteiger partial charge >= 0.3 is 6.18 Å². The molecule has 1 aromatic heterocycles. The smallest absolute Gasteiger partial charge is 0.360 e. The molecule has 1 heterocycles. The van der Waals surface area contributed by atoms with E-state index in [0.717, 1.165) is 0 Å². The van der Waals surface area contributed by atoms with Crippen LogP contribution in [0.4, 0.5) is 19.0 Å². The maximum Gasteiger partial charge on any atom is 0.405 e. The van der Waals surface area contributed by atoms with Crippen molar-refractivity contribution in [3.8, 4) is 0 Å². The van der Waals surface area contributed by atoms with Crippen LogP contribution in [-0.2, 0) is 0 Å². The van der Waals surface area contributed by atoms with Crippen LogP contribution in [0.5, 0.6) is 0 Å². The van der Waals surface area contributed by atoms with Crippen LogP contribution < -0.4 is 5.32 Å². The molecule has 7 heteroatoms. The van der Waals surface area contributed by atoms with Gasteiger partial charge in [0.1, 0.15) is 12.4 Å². The minimum absolute atomic E-state index is 0.0339. The molecule has 1 N–H and O–H groups in total. The summed E-state index contributed by atoms with van der Waals surface area (Å²) < 4.78 is 35.4. The van der Waals surface area contributed by atoms with Crippen LogP contribution in [-0.4, -0.2) is 17.7 Å². The van der Waals surface area contributed by atoms with Crippen molar-refractivity contribution in [3.05, 3.63) is 22.3 Å². The standard InChI is InChI=1S/C7H5Cl2F3N2/c8-4-1-5(9)6(13-2-4)14-3-7(10,11)12/h1-2H,3H2,(H,13,14). The molecular formula is C7H5Cl2F3N2. The zero-order valence-electron chi connectivity index (χ0n) is 6.70. The minimum Gasteiger partial charge on any atom is -0.360 e. The molecule has 1 aromatic rings. The van der Waals surface area contributed by atoms with E-state index in [1.165, 1.54) is 12.3 Å². The third kappa shape index (κ3) is 3.59. The van der Waals surface area contributed by atoms with Crippen molar-refractivity contribution in [2.75, 3.05) is 11.9 Å². The highest BCUT2D eigenvalue weighted by Crippen LogP contribution is 2.24. The molecule has 0 spiro atoms. The topological polar surface area (TPSA) is 24.9 Å². The number of halogens is 5. The Morgan fingerprint density at radius 2 is 2.00 bits per heavy atom. The fraction of sp³-hybridized carbons (Fsp3) is 0.286. The maximum absolute atomic E-state index is 11.8. The molecule has 0 saturated carbocycles. The molecule has 0 atom stereocenters. The van der Waals surface area contributed by atoms with Gasteiger partial charge in [-0.05, 0) is 6.07 Å². The Hall–Kier alpha value is -0.680. The van der Waals surface area contributed by atoms with E-state index in [2.05, 4.69) is 10.3 Å². The van der Waals surface area contributed by atoms with Gasteiger partial charge in [0.15, 0.2) is 0 Å². The fourth-order valence-electron chi connectivity index (χ4n) is 0.729. The van der Waals surface area contributed by atoms with E-state index in [-0.39, 0.29) is 15.9 Å². The molecule has 0 aliphatic carbocycles. The Morgan fingerprint density at radius 1 is 1.36 bits per heavy atom. The van der Waals surface area contributed by atoms with Gasteiger partial charge in [-0.25, -0.2) is 4.98 Å². The summed E-state index contributed by atoms with van der Waals surface area (Å²) in [5, 5.41) is 2.38. The zero-order valence-corrected chi connectivity index (χ0v) is 8.21. The predicted molar refractivity (Wildman–Crippen MR) is 48.8 cm³/mol. The lowest BCUT2D eigenvalue weighted by Crippen LogP contribution is -2.21. The fourth-order valence-corrected chi connectivity index (χ4v) is 1.18. The third-order valence-electron chi connectivity index (χ3n) is 1.26. The van der Waals surface area contributed by atoms with Crippen molar-refractivity contribution >= 4 is 29.0 Å². The SMILES string of the molecule is FC(F)(F)CNc1ncc(Cl)cc1Cl. The Balaban J connectivity index is 2.68. The van der Waals surface area contributed by atoms with Crippen LogP contribution in [0.1, 0.15) is 0 Å². The van der Waals surface area contributed by atoms with Gasteiger partial charge in [-0.2, -0.15) is 13.2 Å². The molecule has 14 heavy (non-hydrogen) atoms. The summed E-state index contributed by atoms with van der Waals surface area (Å²) in [4.78, 5) is 3.61. The van der Waals surface area contributed by atoms with Crippen LogP contribution in [0.25, 0.3) is 0 Å². The van der Waals surface area contributed by atoms with Crippen LogP contribution >= 0.6 is 23.2 Å². The Bertz CT molecular complexity index is 327. The second-order valence-electron chi connectivity index (χ2n) is 2.45. The van der Waals surface area contributed by atoms with Crippen molar-refractivity contribution in [1.82, 2.24) is 4.98 Å². The lowest BCUT2D eigenvalue weighted by Gasteiger charge is -2.09. The first-order valence-electron chi connectivity index (χ1n) is 3.50. The molecule has 0 aliphatic heterocycles. The molecule has 0 aromatic carbocycles. The van der Waals surface area contributed by atoms with E-state index < -0.39 is 12.7 Å². The first kappa shape index (κ1) is 11.4. The van der Waals surface area contributed by atoms with Gasteiger partial charge in [0, 0.05) is 6.20 Å². The summed E-state index contributed by atoms with van der Waals surface area (Å²) in [6.07, 6.45) is -3.09. The molecule has 1 rings (SSSR count). The highest BCUT2D eigenvalue weighted by atomic mass is 35.5. The van der Waals surface area contributed by atoms with E-state index in [1.807, 2.05) is 0 Å². The molecule has 78 valence electrons. The molecule has 0 amide bonds. The first-order chi connectivity index (χ1) is 6.38. The van der Waals surface area contributed by atoms with E-state index in [4.69, 9.17) is 23.2 Å². The number of alkyl halides is 3. The number of nitrogens with zero attached hydrogens (tertiary/aromatic N) is 1. The summed E-state index contributed by atoms with van der Waals surface area (Å²) in [5.41, 5.74) is 0. The summed E-state index contributed by atoms with van der Waals surface area (Å²) in [6.45, 7) is -1.18. The van der Waals surface area contributed by atoms with Gasteiger partial charge in [-0.1, -0.05) is 23.2 Å². The average Bonchev–Trinajstić information content (AvgIpc) is 2.00. The summed E-state index contributed by atoms with van der Waals surface area (Å²) in [5.74, 6) is -0.0339. The average molecular weight is 245 g/mol. The second kappa shape index (κ2) is 4.23. The van der Waals surface area contributed by atoms with E-state index in [0.29, 0.717) is 0 Å². The summed E-state index contributed by atoms with van der Waals surface area (Å²) >= 11 is 11.1. The van der Waals surface area contributed by atoms with Crippen LogP contribution in [0.3, 0.4) is 0 Å². The second-order valence-corrected chi connectivity index (χ2v) is 3.30. The maximum atomic E-state index is 11.8. The largest absolute Gasteiger partial charge is 0.405 e. The first-order valence-corrected chi connectivity index (χ1v) is 4.26. The van der Waals surface area contributed by atoms with Crippen LogP contribution in [0.15, 0.2) is 12.3 Å². The zero-order chi connectivity index (χ0) is 10.8. The van der Waals surface area contributed by atoms with Gasteiger partial charge in [0.25, 0.3) is 0 Å². The lowest BCUT2D eigenvalue weighted by molar-refractivity contribution is -0.115. The number of hydrogen-bond donors (Lipinski definition) is 1. The van der Waals surface area contributed by atoms with Gasteiger partial charge in [0.2, 0.25) is 0 Å². The highest BCUT2D eigenvalue weighted by Gasteiger charge is 2.27. The van der Waals surface area contributed by atoms with Crippen molar-refractivity contribution in [3.63, 3.8) is 0 Å². The highest BCUT2D eigenvalue weighted by molar-refractivity contribution is 6.35. The molecule has 2 nitrogen and oxygen atoms in total. The molecule has 0 bridgehead atoms. The quantitative estimate of drug-likeness (QED) is 0.863. The Morgan fingerprint density at radius 3 is 2.50 bits per heavy atom. The molecular weight excluding hydrogens is 240 g/mol. The number of anilines is 1. The predicted octanol–water partition coefficient (Wildman–Crippen LogP) is 3.36. The number of rotatable bonds is 2. The molecule has 0 unspecified atom stereocenters. The molecule has 0 fully saturated rings. The lowest BCUT2D eigenvalue weighted by atomic mass is 10.4. The summed E-state index contributed by atoms with van der Waals surface area (Å²) in [7, 11) is 0. The molecule has 0 saturated heterocycles. The van der Waals surface area contributed by atoms with Crippen LogP contribution in [0.2, 0.25) is 10.0 Å². The van der Waals surface area contributed by atoms with Crippen molar-refractivity contribution < 1.29 is 13.2 Å². The molecule has 0 aliphatic rings.